The van der Waals surface area contributed by atoms with Gasteiger partial charge < -0.3 is 19.5 Å². The quantitative estimate of drug-likeness (QED) is 0.562. The first kappa shape index (κ1) is 22.0. The van der Waals surface area contributed by atoms with Crippen LogP contribution in [-0.2, 0) is 18.3 Å². The number of hydrogen-bond acceptors (Lipinski definition) is 7. The number of fused-ring (bicyclic) bond motifs is 1. The van der Waals surface area contributed by atoms with E-state index in [1.54, 1.807) is 11.2 Å². The fourth-order valence-electron chi connectivity index (χ4n) is 4.18. The monoisotopic (exact) mass is 440 g/mol. The number of aromatic nitrogens is 6. The zero-order valence-electron chi connectivity index (χ0n) is 19.3. The molecule has 1 atom stereocenters. The molecule has 1 aliphatic heterocycles. The largest absolute Gasteiger partial charge is 0.449 e. The number of carbonyl (C=O) groups is 1. The minimum atomic E-state index is -0.235. The standard InChI is InChI=1S/C22H32N8O2/c1-5-7-11-32-22(31)29-10-8-9-16(13-29)26-19-18-21(24-14-23-19)28(4)20(27-18)17-12-25-30(6-2)15(17)3/h12,14,16H,5-11,13H2,1-4H3,(H,23,24,26). The van der Waals surface area contributed by atoms with E-state index in [-0.39, 0.29) is 12.1 Å². The number of ether oxygens (including phenoxy) is 1. The maximum absolute atomic E-state index is 12.4. The summed E-state index contributed by atoms with van der Waals surface area (Å²) in [4.78, 5) is 28.0. The minimum Gasteiger partial charge on any atom is -0.449 e. The highest BCUT2D eigenvalue weighted by molar-refractivity contribution is 5.86. The van der Waals surface area contributed by atoms with Gasteiger partial charge in [-0.1, -0.05) is 13.3 Å². The van der Waals surface area contributed by atoms with E-state index in [2.05, 4.69) is 34.2 Å². The topological polar surface area (TPSA) is 103 Å². The van der Waals surface area contributed by atoms with Gasteiger partial charge in [0.05, 0.1) is 18.4 Å². The third-order valence-corrected chi connectivity index (χ3v) is 6.04. The number of likely N-dealkylation sites (tertiary alicyclic amines) is 1. The summed E-state index contributed by atoms with van der Waals surface area (Å²) >= 11 is 0. The van der Waals surface area contributed by atoms with Crippen LogP contribution in [0, 0.1) is 6.92 Å². The van der Waals surface area contributed by atoms with Gasteiger partial charge in [0.1, 0.15) is 12.2 Å². The molecule has 1 aliphatic rings. The van der Waals surface area contributed by atoms with Crippen LogP contribution in [0.25, 0.3) is 22.6 Å². The van der Waals surface area contributed by atoms with E-state index in [0.717, 1.165) is 67.0 Å². The van der Waals surface area contributed by atoms with E-state index in [0.29, 0.717) is 19.0 Å². The van der Waals surface area contributed by atoms with E-state index < -0.39 is 0 Å². The summed E-state index contributed by atoms with van der Waals surface area (Å²) in [5.41, 5.74) is 3.53. The lowest BCUT2D eigenvalue weighted by atomic mass is 10.1. The summed E-state index contributed by atoms with van der Waals surface area (Å²) in [7, 11) is 1.96. The third-order valence-electron chi connectivity index (χ3n) is 6.04. The number of carbonyl (C=O) groups excluding carboxylic acids is 1. The number of amides is 1. The molecule has 3 aromatic rings. The number of anilines is 1. The Morgan fingerprint density at radius 3 is 2.91 bits per heavy atom. The molecule has 4 heterocycles. The molecule has 0 aromatic carbocycles. The zero-order chi connectivity index (χ0) is 22.7. The van der Waals surface area contributed by atoms with Gasteiger partial charge in [0, 0.05) is 38.4 Å². The second kappa shape index (κ2) is 9.54. The lowest BCUT2D eigenvalue weighted by molar-refractivity contribution is 0.0920. The van der Waals surface area contributed by atoms with Crippen LogP contribution < -0.4 is 5.32 Å². The molecule has 1 saturated heterocycles. The number of nitrogens with zero attached hydrogens (tertiary/aromatic N) is 7. The maximum Gasteiger partial charge on any atom is 0.409 e. The van der Waals surface area contributed by atoms with Gasteiger partial charge in [0.25, 0.3) is 0 Å². The van der Waals surface area contributed by atoms with Crippen molar-refractivity contribution in [2.75, 3.05) is 25.0 Å². The van der Waals surface area contributed by atoms with Gasteiger partial charge in [-0.05, 0) is 33.1 Å². The van der Waals surface area contributed by atoms with Gasteiger partial charge in [0.2, 0.25) is 0 Å². The second-order valence-electron chi connectivity index (χ2n) is 8.25. The number of unbranched alkanes of at least 4 members (excludes halogenated alkanes) is 1. The molecule has 1 fully saturated rings. The summed E-state index contributed by atoms with van der Waals surface area (Å²) in [6.45, 7) is 8.78. The van der Waals surface area contributed by atoms with Crippen molar-refractivity contribution in [1.29, 1.82) is 0 Å². The molecule has 0 radical (unpaired) electrons. The van der Waals surface area contributed by atoms with Gasteiger partial charge in [-0.3, -0.25) is 4.68 Å². The first-order valence-corrected chi connectivity index (χ1v) is 11.4. The molecule has 1 N–H and O–H groups in total. The normalized spacial score (nSPS) is 16.5. The molecule has 4 rings (SSSR count). The summed E-state index contributed by atoms with van der Waals surface area (Å²) in [5, 5.41) is 7.95. The van der Waals surface area contributed by atoms with Gasteiger partial charge in [-0.25, -0.2) is 19.7 Å². The molecule has 10 heteroatoms. The van der Waals surface area contributed by atoms with Crippen molar-refractivity contribution in [3.8, 4) is 11.4 Å². The Morgan fingerprint density at radius 1 is 1.31 bits per heavy atom. The highest BCUT2D eigenvalue weighted by Gasteiger charge is 2.26. The van der Waals surface area contributed by atoms with Gasteiger partial charge in [-0.2, -0.15) is 5.10 Å². The van der Waals surface area contributed by atoms with Crippen LogP contribution in [0.4, 0.5) is 10.6 Å². The Balaban J connectivity index is 1.55. The van der Waals surface area contributed by atoms with E-state index in [1.165, 1.54) is 0 Å². The first-order chi connectivity index (χ1) is 15.5. The average Bonchev–Trinajstić information content (AvgIpc) is 3.34. The van der Waals surface area contributed by atoms with Gasteiger partial charge in [0.15, 0.2) is 17.0 Å². The molecular weight excluding hydrogens is 408 g/mol. The predicted molar refractivity (Wildman–Crippen MR) is 122 cm³/mol. The van der Waals surface area contributed by atoms with Crippen LogP contribution in [-0.4, -0.2) is 66.0 Å². The third kappa shape index (κ3) is 4.26. The van der Waals surface area contributed by atoms with Crippen molar-refractivity contribution in [3.05, 3.63) is 18.2 Å². The Hall–Kier alpha value is -3.17. The Labute approximate surface area is 188 Å². The van der Waals surface area contributed by atoms with Crippen molar-refractivity contribution in [2.24, 2.45) is 7.05 Å². The van der Waals surface area contributed by atoms with Crippen LogP contribution in [0.15, 0.2) is 12.5 Å². The van der Waals surface area contributed by atoms with E-state index in [9.17, 15) is 4.79 Å². The number of imidazole rings is 1. The molecule has 172 valence electrons. The average molecular weight is 441 g/mol. The molecule has 0 saturated carbocycles. The van der Waals surface area contributed by atoms with E-state index >= 15 is 0 Å². The van der Waals surface area contributed by atoms with Crippen molar-refractivity contribution in [3.63, 3.8) is 0 Å². The molecular formula is C22H32N8O2. The van der Waals surface area contributed by atoms with E-state index in [1.807, 2.05) is 29.4 Å². The molecule has 0 aliphatic carbocycles. The molecule has 0 bridgehead atoms. The fraction of sp³-hybridized carbons (Fsp3) is 0.591. The Morgan fingerprint density at radius 2 is 2.16 bits per heavy atom. The van der Waals surface area contributed by atoms with Crippen LogP contribution >= 0.6 is 0 Å². The second-order valence-corrected chi connectivity index (χ2v) is 8.25. The molecule has 3 aromatic heterocycles. The highest BCUT2D eigenvalue weighted by Crippen LogP contribution is 2.28. The molecule has 0 spiro atoms. The van der Waals surface area contributed by atoms with Crippen molar-refractivity contribution < 1.29 is 9.53 Å². The van der Waals surface area contributed by atoms with Gasteiger partial charge in [-0.15, -0.1) is 0 Å². The summed E-state index contributed by atoms with van der Waals surface area (Å²) < 4.78 is 9.32. The molecule has 1 unspecified atom stereocenters. The summed E-state index contributed by atoms with van der Waals surface area (Å²) in [6, 6.07) is 0.0793. The molecule has 32 heavy (non-hydrogen) atoms. The van der Waals surface area contributed by atoms with Crippen LogP contribution in [0.3, 0.4) is 0 Å². The van der Waals surface area contributed by atoms with Gasteiger partial charge >= 0.3 is 6.09 Å². The Bertz CT molecular complexity index is 1090. The Kier molecular flexibility index (Phi) is 6.57. The fourth-order valence-corrected chi connectivity index (χ4v) is 4.18. The van der Waals surface area contributed by atoms with Crippen LogP contribution in [0.2, 0.25) is 0 Å². The van der Waals surface area contributed by atoms with Crippen LogP contribution in [0.1, 0.15) is 45.2 Å². The molecule has 1 amide bonds. The minimum absolute atomic E-state index is 0.0793. The number of rotatable bonds is 7. The molecule has 10 nitrogen and oxygen atoms in total. The maximum atomic E-state index is 12.4. The lowest BCUT2D eigenvalue weighted by Crippen LogP contribution is -2.45. The SMILES string of the molecule is CCCCOC(=O)N1CCCC(Nc2ncnc3c2nc(-c2cnn(CC)c2C)n3C)C1. The number of nitrogens with one attached hydrogen (secondary N) is 1. The summed E-state index contributed by atoms with van der Waals surface area (Å²) in [6.07, 6.45) is 6.93. The summed E-state index contributed by atoms with van der Waals surface area (Å²) in [5.74, 6) is 1.49. The van der Waals surface area contributed by atoms with Crippen molar-refractivity contribution in [1.82, 2.24) is 34.2 Å². The van der Waals surface area contributed by atoms with Crippen molar-refractivity contribution >= 4 is 23.1 Å². The van der Waals surface area contributed by atoms with E-state index in [4.69, 9.17) is 9.72 Å². The highest BCUT2D eigenvalue weighted by atomic mass is 16.6. The number of aryl methyl sites for hydroxylation is 2. The zero-order valence-corrected chi connectivity index (χ0v) is 19.3. The van der Waals surface area contributed by atoms with Crippen LogP contribution in [0.5, 0.6) is 0 Å². The lowest BCUT2D eigenvalue weighted by Gasteiger charge is -2.32. The first-order valence-electron chi connectivity index (χ1n) is 11.4. The smallest absolute Gasteiger partial charge is 0.409 e. The predicted octanol–water partition coefficient (Wildman–Crippen LogP) is 3.37. The van der Waals surface area contributed by atoms with Crippen molar-refractivity contribution in [2.45, 2.75) is 59.0 Å². The number of hydrogen-bond donors (Lipinski definition) is 1. The number of piperidine rings is 1.